The Kier molecular flexibility index (Phi) is 9.75. The number of hydroxylamine groups is 1. The summed E-state index contributed by atoms with van der Waals surface area (Å²) in [5.74, 6) is -1.27. The highest BCUT2D eigenvalue weighted by atomic mass is 16.6. The summed E-state index contributed by atoms with van der Waals surface area (Å²) in [5.41, 5.74) is 3.38. The first-order valence-corrected chi connectivity index (χ1v) is 7.81. The van der Waals surface area contributed by atoms with Gasteiger partial charge in [0.2, 0.25) is 0 Å². The highest BCUT2D eigenvalue weighted by Crippen LogP contribution is 2.04. The SMILES string of the molecule is [B]CONC(CCC)C(O)C(=O)NCC(=O)OCc1ccccc1. The first-order chi connectivity index (χ1) is 11.6. The van der Waals surface area contributed by atoms with Gasteiger partial charge in [0, 0.05) is 6.51 Å². The van der Waals surface area contributed by atoms with Crippen molar-refractivity contribution in [3.63, 3.8) is 0 Å². The van der Waals surface area contributed by atoms with Crippen molar-refractivity contribution < 1.29 is 24.3 Å². The van der Waals surface area contributed by atoms with E-state index in [2.05, 4.69) is 10.8 Å². The van der Waals surface area contributed by atoms with Crippen LogP contribution in [-0.4, -0.2) is 50.0 Å². The minimum absolute atomic E-state index is 0.0830. The standard InChI is InChI=1S/C16H23BN2O5/c1-2-6-13(19-24-11-17)15(21)16(22)18-9-14(20)23-10-12-7-4-3-5-8-12/h3-5,7-8,13,15,19,21H,2,6,9-11H2,1H3,(H,18,22). The summed E-state index contributed by atoms with van der Waals surface area (Å²) in [4.78, 5) is 28.4. The first-order valence-electron chi connectivity index (χ1n) is 7.81. The minimum Gasteiger partial charge on any atom is -0.460 e. The zero-order valence-electron chi connectivity index (χ0n) is 13.7. The van der Waals surface area contributed by atoms with Gasteiger partial charge in [0.05, 0.1) is 6.04 Å². The van der Waals surface area contributed by atoms with Gasteiger partial charge >= 0.3 is 5.97 Å². The topological polar surface area (TPSA) is 96.9 Å². The molecule has 2 unspecified atom stereocenters. The van der Waals surface area contributed by atoms with Gasteiger partial charge in [-0.25, -0.2) is 0 Å². The third-order valence-electron chi connectivity index (χ3n) is 3.22. The van der Waals surface area contributed by atoms with E-state index in [1.54, 1.807) is 0 Å². The molecule has 0 aliphatic rings. The molecule has 130 valence electrons. The number of nitrogens with one attached hydrogen (secondary N) is 2. The van der Waals surface area contributed by atoms with Gasteiger partial charge in [-0.05, 0) is 12.0 Å². The van der Waals surface area contributed by atoms with E-state index < -0.39 is 24.0 Å². The number of carbonyl (C=O) groups is 2. The molecule has 1 amide bonds. The number of carbonyl (C=O) groups excluding carboxylic acids is 2. The van der Waals surface area contributed by atoms with E-state index in [0.29, 0.717) is 6.42 Å². The lowest BCUT2D eigenvalue weighted by atomic mass is 10.1. The third kappa shape index (κ3) is 7.58. The summed E-state index contributed by atoms with van der Waals surface area (Å²) < 4.78 is 5.04. The normalized spacial score (nSPS) is 13.1. The fourth-order valence-corrected chi connectivity index (χ4v) is 1.98. The van der Waals surface area contributed by atoms with Crippen LogP contribution in [0.4, 0.5) is 0 Å². The molecule has 7 nitrogen and oxygen atoms in total. The largest absolute Gasteiger partial charge is 0.460 e. The van der Waals surface area contributed by atoms with Gasteiger partial charge in [0.1, 0.15) is 27.1 Å². The molecule has 1 rings (SSSR count). The zero-order valence-corrected chi connectivity index (χ0v) is 13.7. The number of amides is 1. The average molecular weight is 334 g/mol. The smallest absolute Gasteiger partial charge is 0.325 e. The summed E-state index contributed by atoms with van der Waals surface area (Å²) in [7, 11) is 5.20. The predicted molar refractivity (Wildman–Crippen MR) is 88.8 cm³/mol. The molecule has 3 N–H and O–H groups in total. The maximum atomic E-state index is 11.9. The number of aliphatic hydroxyl groups excluding tert-OH is 1. The van der Waals surface area contributed by atoms with E-state index in [-0.39, 0.29) is 19.7 Å². The quantitative estimate of drug-likeness (QED) is 0.300. The van der Waals surface area contributed by atoms with Crippen molar-refractivity contribution >= 4 is 19.7 Å². The molecule has 0 saturated heterocycles. The van der Waals surface area contributed by atoms with Crippen molar-refractivity contribution in [1.29, 1.82) is 0 Å². The van der Waals surface area contributed by atoms with Crippen LogP contribution in [0.3, 0.4) is 0 Å². The monoisotopic (exact) mass is 334 g/mol. The van der Waals surface area contributed by atoms with Crippen LogP contribution < -0.4 is 10.8 Å². The Morgan fingerprint density at radius 1 is 1.29 bits per heavy atom. The number of benzene rings is 1. The number of rotatable bonds is 11. The average Bonchev–Trinajstić information content (AvgIpc) is 2.61. The molecule has 0 aliphatic carbocycles. The number of hydrogen-bond donors (Lipinski definition) is 3. The summed E-state index contributed by atoms with van der Waals surface area (Å²) in [6.45, 7) is 1.63. The van der Waals surface area contributed by atoms with Crippen molar-refractivity contribution in [1.82, 2.24) is 10.8 Å². The van der Waals surface area contributed by atoms with Gasteiger partial charge in [0.15, 0.2) is 0 Å². The van der Waals surface area contributed by atoms with Gasteiger partial charge < -0.3 is 20.0 Å². The van der Waals surface area contributed by atoms with Crippen LogP contribution in [0.15, 0.2) is 30.3 Å². The van der Waals surface area contributed by atoms with Gasteiger partial charge in [-0.3, -0.25) is 9.59 Å². The van der Waals surface area contributed by atoms with E-state index in [1.165, 1.54) is 0 Å². The van der Waals surface area contributed by atoms with Gasteiger partial charge in [-0.2, -0.15) is 5.48 Å². The van der Waals surface area contributed by atoms with E-state index in [9.17, 15) is 14.7 Å². The molecule has 0 heterocycles. The number of aliphatic hydroxyl groups is 1. The van der Waals surface area contributed by atoms with Crippen LogP contribution in [0.5, 0.6) is 0 Å². The lowest BCUT2D eigenvalue weighted by Crippen LogP contribution is -2.49. The Morgan fingerprint density at radius 2 is 2.00 bits per heavy atom. The van der Waals surface area contributed by atoms with Crippen molar-refractivity contribution in [3.05, 3.63) is 35.9 Å². The molecule has 0 fully saturated rings. The molecule has 0 bridgehead atoms. The van der Waals surface area contributed by atoms with Gasteiger partial charge in [-0.15, -0.1) is 0 Å². The highest BCUT2D eigenvalue weighted by molar-refractivity contribution is 6.08. The van der Waals surface area contributed by atoms with E-state index >= 15 is 0 Å². The first kappa shape index (κ1) is 20.2. The molecule has 0 aromatic heterocycles. The molecule has 24 heavy (non-hydrogen) atoms. The van der Waals surface area contributed by atoms with E-state index in [4.69, 9.17) is 17.4 Å². The fraction of sp³-hybridized carbons (Fsp3) is 0.500. The molecule has 1 aromatic rings. The van der Waals surface area contributed by atoms with Crippen molar-refractivity contribution in [2.24, 2.45) is 0 Å². The maximum Gasteiger partial charge on any atom is 0.325 e. The van der Waals surface area contributed by atoms with Gasteiger partial charge in [-0.1, -0.05) is 43.7 Å². The molecule has 0 saturated carbocycles. The molecule has 1 aromatic carbocycles. The Morgan fingerprint density at radius 3 is 2.62 bits per heavy atom. The summed E-state index contributed by atoms with van der Waals surface area (Å²) in [6.07, 6.45) is -0.124. The van der Waals surface area contributed by atoms with Crippen LogP contribution in [-0.2, 0) is 25.8 Å². The summed E-state index contributed by atoms with van der Waals surface area (Å²) in [5, 5.41) is 12.4. The lowest BCUT2D eigenvalue weighted by molar-refractivity contribution is -0.146. The number of esters is 1. The van der Waals surface area contributed by atoms with E-state index in [1.807, 2.05) is 37.3 Å². The molecular weight excluding hydrogens is 311 g/mol. The summed E-state index contributed by atoms with van der Waals surface area (Å²) >= 11 is 0. The Balaban J connectivity index is 2.35. The predicted octanol–water partition coefficient (Wildman–Crippen LogP) is 0.0228. The Labute approximate surface area is 143 Å². The highest BCUT2D eigenvalue weighted by Gasteiger charge is 2.26. The van der Waals surface area contributed by atoms with Crippen molar-refractivity contribution in [2.75, 3.05) is 13.1 Å². The second-order valence-electron chi connectivity index (χ2n) is 5.13. The van der Waals surface area contributed by atoms with E-state index in [0.717, 1.165) is 12.0 Å². The number of hydrogen-bond acceptors (Lipinski definition) is 6. The second-order valence-corrected chi connectivity index (χ2v) is 5.13. The Hall–Kier alpha value is -1.90. The third-order valence-corrected chi connectivity index (χ3v) is 3.22. The minimum atomic E-state index is -1.36. The maximum absolute atomic E-state index is 11.9. The molecule has 2 radical (unpaired) electrons. The molecular formula is C16H23BN2O5. The lowest BCUT2D eigenvalue weighted by Gasteiger charge is -2.22. The van der Waals surface area contributed by atoms with Crippen LogP contribution in [0.2, 0.25) is 0 Å². The van der Waals surface area contributed by atoms with Crippen molar-refractivity contribution in [2.45, 2.75) is 38.5 Å². The molecule has 2 atom stereocenters. The summed E-state index contributed by atoms with van der Waals surface area (Å²) in [6, 6.07) is 8.58. The molecule has 8 heteroatoms. The van der Waals surface area contributed by atoms with Crippen LogP contribution in [0.1, 0.15) is 25.3 Å². The second kappa shape index (κ2) is 11.6. The zero-order chi connectivity index (χ0) is 17.8. The molecule has 0 spiro atoms. The number of ether oxygens (including phenoxy) is 1. The van der Waals surface area contributed by atoms with Crippen LogP contribution >= 0.6 is 0 Å². The Bertz CT molecular complexity index is 501. The fourth-order valence-electron chi connectivity index (χ4n) is 1.98. The van der Waals surface area contributed by atoms with Gasteiger partial charge in [0.25, 0.3) is 5.91 Å². The van der Waals surface area contributed by atoms with Crippen LogP contribution in [0.25, 0.3) is 0 Å². The van der Waals surface area contributed by atoms with Crippen LogP contribution in [0, 0.1) is 0 Å². The molecule has 0 aliphatic heterocycles. The van der Waals surface area contributed by atoms with Crippen molar-refractivity contribution in [3.8, 4) is 0 Å².